The Morgan fingerprint density at radius 1 is 0.535 bits per heavy atom. The van der Waals surface area contributed by atoms with Gasteiger partial charge in [0.15, 0.2) is 11.9 Å². The molecule has 0 bridgehead atoms. The number of nitrogens with zero attached hydrogens (tertiary/aromatic N) is 2. The van der Waals surface area contributed by atoms with Gasteiger partial charge in [0.1, 0.15) is 0 Å². The Labute approximate surface area is 251 Å². The summed E-state index contributed by atoms with van der Waals surface area (Å²) in [5.41, 5.74) is 20.3. The van der Waals surface area contributed by atoms with Gasteiger partial charge in [-0.05, 0) is 75.2 Å². The molecule has 6 aromatic rings. The first-order chi connectivity index (χ1) is 21.3. The Hall–Kier alpha value is -4.95. The molecule has 3 atom stereocenters. The number of fused-ring (bicyclic) bond motifs is 6. The van der Waals surface area contributed by atoms with Crippen LogP contribution >= 0.6 is 0 Å². The maximum atomic E-state index is 2.74. The number of para-hydroxylation sites is 1. The van der Waals surface area contributed by atoms with Gasteiger partial charge in [0.25, 0.3) is 0 Å². The number of hydrogen-bond acceptors (Lipinski definition) is 1. The van der Waals surface area contributed by atoms with Gasteiger partial charge in [-0.2, -0.15) is 4.57 Å². The quantitative estimate of drug-likeness (QED) is 0.190. The molecule has 2 heteroatoms. The third-order valence-corrected chi connectivity index (χ3v) is 11.2. The summed E-state index contributed by atoms with van der Waals surface area (Å²) < 4.78 is 2.74. The molecule has 3 aliphatic carbocycles. The largest absolute Gasteiger partial charge is 0.333 e. The average molecular weight is 550 g/mol. The van der Waals surface area contributed by atoms with Crippen molar-refractivity contribution in [3.63, 3.8) is 0 Å². The van der Waals surface area contributed by atoms with Crippen LogP contribution in [0.25, 0.3) is 0 Å². The molecule has 5 aliphatic rings. The van der Waals surface area contributed by atoms with Crippen LogP contribution in [0.2, 0.25) is 0 Å². The minimum absolute atomic E-state index is 0.240. The molecule has 43 heavy (non-hydrogen) atoms. The van der Waals surface area contributed by atoms with Crippen molar-refractivity contribution in [3.8, 4) is 0 Å². The molecule has 0 amide bonds. The first kappa shape index (κ1) is 22.6. The van der Waals surface area contributed by atoms with Gasteiger partial charge < -0.3 is 4.90 Å². The van der Waals surface area contributed by atoms with Gasteiger partial charge in [0.05, 0.1) is 23.7 Å². The van der Waals surface area contributed by atoms with Crippen molar-refractivity contribution in [2.75, 3.05) is 11.4 Å². The predicted octanol–water partition coefficient (Wildman–Crippen LogP) is 7.71. The lowest BCUT2D eigenvalue weighted by atomic mass is 9.58. The van der Waals surface area contributed by atoms with Crippen molar-refractivity contribution >= 4 is 11.4 Å². The summed E-state index contributed by atoms with van der Waals surface area (Å²) in [6.45, 7) is 0.899. The zero-order valence-electron chi connectivity index (χ0n) is 23.8. The van der Waals surface area contributed by atoms with Gasteiger partial charge in [-0.1, -0.05) is 91.0 Å². The zero-order valence-corrected chi connectivity index (χ0v) is 23.8. The first-order valence-electron chi connectivity index (χ1n) is 15.6. The van der Waals surface area contributed by atoms with E-state index < -0.39 is 0 Å². The summed E-state index contributed by atoms with van der Waals surface area (Å²) >= 11 is 0. The summed E-state index contributed by atoms with van der Waals surface area (Å²) in [5.74, 6) is 0.488. The van der Waals surface area contributed by atoms with Crippen molar-refractivity contribution in [2.45, 2.75) is 30.2 Å². The van der Waals surface area contributed by atoms with Crippen LogP contribution in [-0.2, 0) is 18.4 Å². The summed E-state index contributed by atoms with van der Waals surface area (Å²) in [7, 11) is 0. The van der Waals surface area contributed by atoms with Gasteiger partial charge in [0, 0.05) is 35.2 Å². The summed E-state index contributed by atoms with van der Waals surface area (Å²) in [6, 6.07) is 46.3. The SMILES string of the molecule is c1ccc(N2CC34c5c(cccc52)C2c5ccccc5Cc5ccc(c3c52)C2c3ccccc3Cc3ccc[n+]4c32)cc1. The Morgan fingerprint density at radius 3 is 2.05 bits per heavy atom. The second kappa shape index (κ2) is 7.71. The number of rotatable bonds is 1. The number of benzene rings is 5. The predicted molar refractivity (Wildman–Crippen MR) is 170 cm³/mol. The van der Waals surface area contributed by atoms with E-state index in [0.29, 0.717) is 0 Å². The van der Waals surface area contributed by atoms with Crippen LogP contribution in [0.5, 0.6) is 0 Å². The van der Waals surface area contributed by atoms with E-state index in [0.717, 1.165) is 19.4 Å². The molecular formula is C41H29N2+. The highest BCUT2D eigenvalue weighted by Gasteiger charge is 2.64. The fourth-order valence-electron chi connectivity index (χ4n) is 9.77. The van der Waals surface area contributed by atoms with Crippen LogP contribution in [0.3, 0.4) is 0 Å². The highest BCUT2D eigenvalue weighted by Crippen LogP contribution is 2.62. The molecule has 0 N–H and O–H groups in total. The molecule has 2 aliphatic heterocycles. The van der Waals surface area contributed by atoms with Crippen molar-refractivity contribution in [1.82, 2.24) is 0 Å². The van der Waals surface area contributed by atoms with Crippen molar-refractivity contribution < 1.29 is 4.57 Å². The molecule has 0 fully saturated rings. The Bertz CT molecular complexity index is 2190. The van der Waals surface area contributed by atoms with E-state index in [1.54, 1.807) is 11.1 Å². The van der Waals surface area contributed by atoms with Crippen molar-refractivity contribution in [2.24, 2.45) is 0 Å². The van der Waals surface area contributed by atoms with Crippen LogP contribution < -0.4 is 9.47 Å². The second-order valence-electron chi connectivity index (χ2n) is 13.0. The van der Waals surface area contributed by atoms with Gasteiger partial charge in [0.2, 0.25) is 5.54 Å². The normalized spacial score (nSPS) is 22.2. The minimum Gasteiger partial charge on any atom is -0.333 e. The molecule has 11 rings (SSSR count). The lowest BCUT2D eigenvalue weighted by molar-refractivity contribution is -0.750. The average Bonchev–Trinajstić information content (AvgIpc) is 3.42. The van der Waals surface area contributed by atoms with Crippen molar-refractivity contribution in [1.29, 1.82) is 0 Å². The van der Waals surface area contributed by atoms with E-state index in [4.69, 9.17) is 0 Å². The number of hydrogen-bond donors (Lipinski definition) is 0. The van der Waals surface area contributed by atoms with Crippen LogP contribution in [0.15, 0.2) is 128 Å². The first-order valence-corrected chi connectivity index (χ1v) is 15.6. The third-order valence-electron chi connectivity index (χ3n) is 11.2. The second-order valence-corrected chi connectivity index (χ2v) is 13.0. The number of anilines is 2. The third kappa shape index (κ3) is 2.57. The smallest absolute Gasteiger partial charge is 0.239 e. The monoisotopic (exact) mass is 549 g/mol. The molecule has 0 radical (unpaired) electrons. The lowest BCUT2D eigenvalue weighted by Crippen LogP contribution is -2.67. The standard InChI is InChI=1S/C41H29N2/c1-2-13-29(14-3-1)42-24-41-38-32(17-8-18-34(38)42)36-30-15-6-4-10-25(30)22-27-19-20-33(39(41)35(27)36)37-31-16-7-5-11-26(31)23-28-12-9-21-43(41)40(28)37/h1-21,36-37H,22-24H2/q+1. The van der Waals surface area contributed by atoms with E-state index in [2.05, 4.69) is 137 Å². The molecule has 1 aromatic heterocycles. The van der Waals surface area contributed by atoms with Gasteiger partial charge in [-0.15, -0.1) is 0 Å². The number of pyridine rings is 1. The van der Waals surface area contributed by atoms with Crippen LogP contribution in [-0.4, -0.2) is 6.54 Å². The van der Waals surface area contributed by atoms with E-state index in [1.165, 1.54) is 67.1 Å². The Morgan fingerprint density at radius 2 is 1.21 bits per heavy atom. The Balaban J connectivity index is 1.33. The molecule has 0 saturated heterocycles. The van der Waals surface area contributed by atoms with Crippen molar-refractivity contribution in [3.05, 3.63) is 194 Å². The maximum Gasteiger partial charge on any atom is 0.239 e. The molecule has 3 unspecified atom stereocenters. The topological polar surface area (TPSA) is 7.12 Å². The number of aromatic nitrogens is 1. The lowest BCUT2D eigenvalue weighted by Gasteiger charge is -2.46. The fourth-order valence-corrected chi connectivity index (χ4v) is 9.77. The molecule has 1 spiro atoms. The maximum absolute atomic E-state index is 2.74. The molecule has 5 aromatic carbocycles. The van der Waals surface area contributed by atoms with E-state index in [9.17, 15) is 0 Å². The van der Waals surface area contributed by atoms with E-state index in [-0.39, 0.29) is 17.4 Å². The minimum atomic E-state index is -0.292. The summed E-state index contributed by atoms with van der Waals surface area (Å²) in [6.07, 6.45) is 4.40. The molecule has 3 heterocycles. The molecule has 2 nitrogen and oxygen atoms in total. The fraction of sp³-hybridized carbons (Fsp3) is 0.146. The van der Waals surface area contributed by atoms with Crippen LogP contribution in [0, 0.1) is 0 Å². The van der Waals surface area contributed by atoms with Crippen LogP contribution in [0.4, 0.5) is 11.4 Å². The molecule has 0 saturated carbocycles. The highest BCUT2D eigenvalue weighted by molar-refractivity contribution is 5.81. The zero-order chi connectivity index (χ0) is 27.9. The Kier molecular flexibility index (Phi) is 4.05. The summed E-state index contributed by atoms with van der Waals surface area (Å²) in [4.78, 5) is 2.61. The van der Waals surface area contributed by atoms with E-state index >= 15 is 0 Å². The molecular weight excluding hydrogens is 520 g/mol. The molecule has 202 valence electrons. The van der Waals surface area contributed by atoms with E-state index in [1.807, 2.05) is 0 Å². The summed E-state index contributed by atoms with van der Waals surface area (Å²) in [5, 5.41) is 0. The van der Waals surface area contributed by atoms with Gasteiger partial charge in [-0.25, -0.2) is 0 Å². The highest BCUT2D eigenvalue weighted by atomic mass is 15.3. The van der Waals surface area contributed by atoms with Crippen LogP contribution in [0.1, 0.15) is 78.7 Å². The van der Waals surface area contributed by atoms with Gasteiger partial charge in [-0.3, -0.25) is 0 Å². The van der Waals surface area contributed by atoms with Gasteiger partial charge >= 0.3 is 0 Å².